The molecule has 5 nitrogen and oxygen atoms in total. The summed E-state index contributed by atoms with van der Waals surface area (Å²) in [6.07, 6.45) is 2.82. The fraction of sp³-hybridized carbons (Fsp3) is 0.333. The van der Waals surface area contributed by atoms with E-state index in [1.54, 1.807) is 0 Å². The highest BCUT2D eigenvalue weighted by atomic mass is 32.1. The third kappa shape index (κ3) is 3.06. The van der Waals surface area contributed by atoms with Crippen molar-refractivity contribution in [2.75, 3.05) is 19.4 Å². The van der Waals surface area contributed by atoms with Gasteiger partial charge >= 0.3 is 5.97 Å². The standard InChI is InChI=1S/C15H17N3O2S/c1-20-14(19)11-3-2-10-4-5-18(8-12(10)6-11)9-13-7-17-15(16)21-13/h2-3,6-7H,4-5,8-9H2,1H3,(H2,16,17). The molecule has 1 aliphatic rings. The van der Waals surface area contributed by atoms with Crippen LogP contribution in [0.15, 0.2) is 24.4 Å². The maximum absolute atomic E-state index is 11.6. The van der Waals surface area contributed by atoms with Gasteiger partial charge in [-0.25, -0.2) is 9.78 Å². The van der Waals surface area contributed by atoms with Crippen LogP contribution >= 0.6 is 11.3 Å². The molecule has 2 N–H and O–H groups in total. The Balaban J connectivity index is 1.75. The number of methoxy groups -OCH3 is 1. The Morgan fingerprint density at radius 1 is 1.48 bits per heavy atom. The predicted octanol–water partition coefficient (Wildman–Crippen LogP) is 2.07. The van der Waals surface area contributed by atoms with Gasteiger partial charge in [0.25, 0.3) is 0 Å². The smallest absolute Gasteiger partial charge is 0.337 e. The molecule has 110 valence electrons. The topological polar surface area (TPSA) is 68.5 Å². The molecular weight excluding hydrogens is 286 g/mol. The van der Waals surface area contributed by atoms with Crippen LogP contribution in [-0.4, -0.2) is 29.5 Å². The van der Waals surface area contributed by atoms with Gasteiger partial charge in [0.1, 0.15) is 0 Å². The zero-order valence-corrected chi connectivity index (χ0v) is 12.7. The lowest BCUT2D eigenvalue weighted by Crippen LogP contribution is -2.30. The summed E-state index contributed by atoms with van der Waals surface area (Å²) in [7, 11) is 1.41. The Morgan fingerprint density at radius 2 is 2.33 bits per heavy atom. The number of nitrogens with two attached hydrogens (primary N) is 1. The Labute approximate surface area is 127 Å². The van der Waals surface area contributed by atoms with Gasteiger partial charge in [-0.2, -0.15) is 0 Å². The number of fused-ring (bicyclic) bond motifs is 1. The maximum Gasteiger partial charge on any atom is 0.337 e. The molecule has 0 spiro atoms. The SMILES string of the molecule is COC(=O)c1ccc2c(c1)CN(Cc1cnc(N)s1)CC2. The number of nitrogen functional groups attached to an aromatic ring is 1. The summed E-state index contributed by atoms with van der Waals surface area (Å²) in [4.78, 5) is 19.2. The van der Waals surface area contributed by atoms with Crippen molar-refractivity contribution < 1.29 is 9.53 Å². The number of anilines is 1. The van der Waals surface area contributed by atoms with Gasteiger partial charge in [-0.15, -0.1) is 11.3 Å². The second-order valence-electron chi connectivity index (χ2n) is 5.10. The maximum atomic E-state index is 11.6. The average molecular weight is 303 g/mol. The number of benzene rings is 1. The lowest BCUT2D eigenvalue weighted by Gasteiger charge is -2.28. The minimum absolute atomic E-state index is 0.287. The predicted molar refractivity (Wildman–Crippen MR) is 82.1 cm³/mol. The van der Waals surface area contributed by atoms with Crippen LogP contribution in [0.4, 0.5) is 5.13 Å². The second kappa shape index (κ2) is 5.83. The first-order chi connectivity index (χ1) is 10.2. The molecule has 0 atom stereocenters. The number of thiazole rings is 1. The number of aromatic nitrogens is 1. The van der Waals surface area contributed by atoms with Gasteiger partial charge in [0.15, 0.2) is 5.13 Å². The summed E-state index contributed by atoms with van der Waals surface area (Å²) in [5.74, 6) is -0.287. The largest absolute Gasteiger partial charge is 0.465 e. The van der Waals surface area contributed by atoms with E-state index in [0.29, 0.717) is 10.7 Å². The van der Waals surface area contributed by atoms with Crippen LogP contribution in [0.1, 0.15) is 26.4 Å². The van der Waals surface area contributed by atoms with Crippen molar-refractivity contribution in [1.82, 2.24) is 9.88 Å². The quantitative estimate of drug-likeness (QED) is 0.879. The molecule has 0 aliphatic carbocycles. The Bertz CT molecular complexity index is 669. The van der Waals surface area contributed by atoms with Crippen LogP contribution in [0.3, 0.4) is 0 Å². The minimum Gasteiger partial charge on any atom is -0.465 e. The molecule has 0 fully saturated rings. The van der Waals surface area contributed by atoms with Gasteiger partial charge in [-0.05, 0) is 29.7 Å². The van der Waals surface area contributed by atoms with Crippen LogP contribution in [0.5, 0.6) is 0 Å². The minimum atomic E-state index is -0.287. The van der Waals surface area contributed by atoms with E-state index < -0.39 is 0 Å². The fourth-order valence-electron chi connectivity index (χ4n) is 2.61. The van der Waals surface area contributed by atoms with Gasteiger partial charge in [0.05, 0.1) is 12.7 Å². The average Bonchev–Trinajstić information content (AvgIpc) is 2.90. The molecule has 3 rings (SSSR count). The number of nitrogens with zero attached hydrogens (tertiary/aromatic N) is 2. The summed E-state index contributed by atoms with van der Waals surface area (Å²) < 4.78 is 4.78. The molecule has 0 radical (unpaired) electrons. The lowest BCUT2D eigenvalue weighted by molar-refractivity contribution is 0.0600. The number of carbonyl (C=O) groups is 1. The number of hydrogen-bond acceptors (Lipinski definition) is 6. The van der Waals surface area contributed by atoms with Gasteiger partial charge in [-0.3, -0.25) is 4.90 Å². The third-order valence-corrected chi connectivity index (χ3v) is 4.48. The van der Waals surface area contributed by atoms with Crippen LogP contribution in [-0.2, 0) is 24.2 Å². The van der Waals surface area contributed by atoms with Gasteiger partial charge in [0, 0.05) is 30.7 Å². The highest BCUT2D eigenvalue weighted by Crippen LogP contribution is 2.24. The number of hydrogen-bond donors (Lipinski definition) is 1. The van der Waals surface area contributed by atoms with E-state index >= 15 is 0 Å². The molecule has 0 amide bonds. The summed E-state index contributed by atoms with van der Waals surface area (Å²) in [6, 6.07) is 5.81. The van der Waals surface area contributed by atoms with Crippen molar-refractivity contribution in [3.63, 3.8) is 0 Å². The molecule has 2 heterocycles. The molecule has 0 unspecified atom stereocenters. The summed E-state index contributed by atoms with van der Waals surface area (Å²) >= 11 is 1.53. The molecular formula is C15H17N3O2S. The highest BCUT2D eigenvalue weighted by molar-refractivity contribution is 7.15. The van der Waals surface area contributed by atoms with Gasteiger partial charge < -0.3 is 10.5 Å². The summed E-state index contributed by atoms with van der Waals surface area (Å²) in [5.41, 5.74) is 8.78. The van der Waals surface area contributed by atoms with Gasteiger partial charge in [0.2, 0.25) is 0 Å². The molecule has 21 heavy (non-hydrogen) atoms. The van der Waals surface area contributed by atoms with Crippen molar-refractivity contribution in [1.29, 1.82) is 0 Å². The monoisotopic (exact) mass is 303 g/mol. The number of rotatable bonds is 3. The highest BCUT2D eigenvalue weighted by Gasteiger charge is 2.19. The van der Waals surface area contributed by atoms with Crippen LogP contribution < -0.4 is 5.73 Å². The molecule has 2 aromatic rings. The molecule has 1 aromatic heterocycles. The van der Waals surface area contributed by atoms with E-state index in [1.165, 1.54) is 34.5 Å². The van der Waals surface area contributed by atoms with Gasteiger partial charge in [-0.1, -0.05) is 6.07 Å². The Kier molecular flexibility index (Phi) is 3.90. The lowest BCUT2D eigenvalue weighted by atomic mass is 9.97. The number of esters is 1. The van der Waals surface area contributed by atoms with E-state index in [0.717, 1.165) is 26.1 Å². The van der Waals surface area contributed by atoms with E-state index in [9.17, 15) is 4.79 Å². The Morgan fingerprint density at radius 3 is 3.05 bits per heavy atom. The molecule has 0 saturated heterocycles. The molecule has 0 saturated carbocycles. The summed E-state index contributed by atoms with van der Waals surface area (Å²) in [6.45, 7) is 2.68. The molecule has 0 bridgehead atoms. The zero-order chi connectivity index (χ0) is 14.8. The molecule has 1 aromatic carbocycles. The van der Waals surface area contributed by atoms with E-state index in [2.05, 4.69) is 9.88 Å². The summed E-state index contributed by atoms with van der Waals surface area (Å²) in [5, 5.41) is 0.607. The first kappa shape index (κ1) is 14.0. The van der Waals surface area contributed by atoms with Crippen molar-refractivity contribution >= 4 is 22.4 Å². The third-order valence-electron chi connectivity index (χ3n) is 3.67. The second-order valence-corrected chi connectivity index (χ2v) is 6.25. The van der Waals surface area contributed by atoms with Crippen LogP contribution in [0.25, 0.3) is 0 Å². The zero-order valence-electron chi connectivity index (χ0n) is 11.8. The molecule has 1 aliphatic heterocycles. The number of carbonyl (C=O) groups excluding carboxylic acids is 1. The van der Waals surface area contributed by atoms with Crippen molar-refractivity contribution in [3.8, 4) is 0 Å². The van der Waals surface area contributed by atoms with E-state index in [1.807, 2.05) is 24.4 Å². The molecule has 6 heteroatoms. The van der Waals surface area contributed by atoms with E-state index in [-0.39, 0.29) is 5.97 Å². The van der Waals surface area contributed by atoms with Crippen molar-refractivity contribution in [3.05, 3.63) is 46.0 Å². The Hall–Kier alpha value is -1.92. The number of ether oxygens (including phenoxy) is 1. The van der Waals surface area contributed by atoms with Crippen molar-refractivity contribution in [2.45, 2.75) is 19.5 Å². The van der Waals surface area contributed by atoms with Crippen LogP contribution in [0, 0.1) is 0 Å². The fourth-order valence-corrected chi connectivity index (χ4v) is 3.34. The van der Waals surface area contributed by atoms with E-state index in [4.69, 9.17) is 10.5 Å². The first-order valence-electron chi connectivity index (χ1n) is 6.78. The van der Waals surface area contributed by atoms with Crippen molar-refractivity contribution in [2.24, 2.45) is 0 Å². The normalized spacial score (nSPS) is 14.7. The first-order valence-corrected chi connectivity index (χ1v) is 7.60. The van der Waals surface area contributed by atoms with Crippen LogP contribution in [0.2, 0.25) is 0 Å².